The van der Waals surface area contributed by atoms with Crippen LogP contribution in [0, 0.1) is 9.77 Å². The number of fused-ring (bicyclic) bond motifs is 1. The van der Waals surface area contributed by atoms with Gasteiger partial charge in [0, 0.05) is 11.7 Å². The summed E-state index contributed by atoms with van der Waals surface area (Å²) in [7, 11) is 0. The van der Waals surface area contributed by atoms with Crippen molar-refractivity contribution in [2.24, 2.45) is 0 Å². The quantitative estimate of drug-likeness (QED) is 0.182. The molecule has 4 aromatic rings. The third-order valence-corrected chi connectivity index (χ3v) is 8.61. The van der Waals surface area contributed by atoms with Crippen LogP contribution in [0.5, 0.6) is 0 Å². The molecule has 6 nitrogen and oxygen atoms in total. The van der Waals surface area contributed by atoms with Crippen LogP contribution in [-0.2, 0) is 11.2 Å². The van der Waals surface area contributed by atoms with Crippen molar-refractivity contribution in [1.29, 1.82) is 0 Å². The SMILES string of the molecule is CCc1ccc(-n2c(=S)sc3c(=O)n(-c4ccc(F)cc4)c(SCC(=O)NC4CCCC4)nc32)cc1. The Kier molecular flexibility index (Phi) is 7.36. The molecule has 186 valence electrons. The molecule has 1 fully saturated rings. The predicted molar refractivity (Wildman–Crippen MR) is 146 cm³/mol. The van der Waals surface area contributed by atoms with Gasteiger partial charge in [-0.1, -0.05) is 55.0 Å². The monoisotopic (exact) mass is 540 g/mol. The number of hydrogen-bond donors (Lipinski definition) is 1. The third kappa shape index (κ3) is 5.02. The molecular weight excluding hydrogens is 516 g/mol. The van der Waals surface area contributed by atoms with Gasteiger partial charge < -0.3 is 5.32 Å². The third-order valence-electron chi connectivity index (χ3n) is 6.32. The number of carbonyl (C=O) groups is 1. The molecule has 0 bridgehead atoms. The van der Waals surface area contributed by atoms with Crippen molar-refractivity contribution in [3.8, 4) is 11.4 Å². The van der Waals surface area contributed by atoms with Crippen molar-refractivity contribution in [3.05, 3.63) is 74.2 Å². The molecule has 2 heterocycles. The normalized spacial score (nSPS) is 13.9. The Morgan fingerprint density at radius 1 is 1.11 bits per heavy atom. The number of benzene rings is 2. The van der Waals surface area contributed by atoms with Crippen molar-refractivity contribution in [2.45, 2.75) is 50.2 Å². The smallest absolute Gasteiger partial charge is 0.278 e. The van der Waals surface area contributed by atoms with Gasteiger partial charge in [0.2, 0.25) is 5.91 Å². The summed E-state index contributed by atoms with van der Waals surface area (Å²) in [5, 5.41) is 3.43. The maximum atomic E-state index is 13.7. The number of halogens is 1. The molecule has 1 N–H and O–H groups in total. The highest BCUT2D eigenvalue weighted by Gasteiger charge is 2.21. The van der Waals surface area contributed by atoms with E-state index < -0.39 is 5.82 Å². The summed E-state index contributed by atoms with van der Waals surface area (Å²) in [5.41, 5.74) is 2.65. The van der Waals surface area contributed by atoms with Crippen LogP contribution < -0.4 is 10.9 Å². The van der Waals surface area contributed by atoms with Gasteiger partial charge in [0.15, 0.2) is 14.8 Å². The molecule has 5 rings (SSSR count). The van der Waals surface area contributed by atoms with Gasteiger partial charge in [-0.05, 0) is 73.4 Å². The maximum absolute atomic E-state index is 13.7. The lowest BCUT2D eigenvalue weighted by Gasteiger charge is -2.14. The second-order valence-corrected chi connectivity index (χ2v) is 11.3. The Balaban J connectivity index is 1.60. The number of aryl methyl sites for hydroxylation is 1. The number of amides is 1. The molecule has 36 heavy (non-hydrogen) atoms. The van der Waals surface area contributed by atoms with E-state index in [1.165, 1.54) is 57.5 Å². The zero-order chi connectivity index (χ0) is 25.2. The van der Waals surface area contributed by atoms with Crippen molar-refractivity contribution in [2.75, 3.05) is 5.75 Å². The van der Waals surface area contributed by atoms with E-state index in [0.717, 1.165) is 37.8 Å². The van der Waals surface area contributed by atoms with Crippen LogP contribution in [0.2, 0.25) is 0 Å². The first-order valence-electron chi connectivity index (χ1n) is 11.9. The molecule has 0 radical (unpaired) electrons. The van der Waals surface area contributed by atoms with Gasteiger partial charge in [-0.3, -0.25) is 18.7 Å². The first-order chi connectivity index (χ1) is 17.4. The van der Waals surface area contributed by atoms with Gasteiger partial charge in [-0.25, -0.2) is 9.37 Å². The van der Waals surface area contributed by atoms with Gasteiger partial charge in [0.05, 0.1) is 11.4 Å². The number of thioether (sulfide) groups is 1. The molecule has 0 aliphatic heterocycles. The molecular formula is C26H25FN4O2S3. The minimum atomic E-state index is -0.400. The Hall–Kier alpha value is -2.82. The second-order valence-electron chi connectivity index (χ2n) is 8.73. The molecule has 0 spiro atoms. The molecule has 1 saturated carbocycles. The van der Waals surface area contributed by atoms with E-state index in [0.29, 0.717) is 25.1 Å². The highest BCUT2D eigenvalue weighted by Crippen LogP contribution is 2.28. The van der Waals surface area contributed by atoms with E-state index in [9.17, 15) is 14.0 Å². The maximum Gasteiger partial charge on any atom is 0.278 e. The molecule has 0 saturated heterocycles. The van der Waals surface area contributed by atoms with Crippen LogP contribution in [0.15, 0.2) is 58.5 Å². The van der Waals surface area contributed by atoms with E-state index in [1.807, 2.05) is 24.3 Å². The molecule has 10 heteroatoms. The Morgan fingerprint density at radius 2 is 1.75 bits per heavy atom. The Morgan fingerprint density at radius 3 is 2.42 bits per heavy atom. The van der Waals surface area contributed by atoms with Crippen LogP contribution in [0.4, 0.5) is 4.39 Å². The van der Waals surface area contributed by atoms with E-state index in [4.69, 9.17) is 17.2 Å². The largest absolute Gasteiger partial charge is 0.353 e. The van der Waals surface area contributed by atoms with E-state index in [-0.39, 0.29) is 23.3 Å². The van der Waals surface area contributed by atoms with Crippen molar-refractivity contribution >= 4 is 51.6 Å². The number of nitrogens with zero attached hydrogens (tertiary/aromatic N) is 3. The topological polar surface area (TPSA) is 68.9 Å². The summed E-state index contributed by atoms with van der Waals surface area (Å²) >= 11 is 8.02. The number of thiazole rings is 1. The van der Waals surface area contributed by atoms with Crippen LogP contribution in [0.25, 0.3) is 21.7 Å². The lowest BCUT2D eigenvalue weighted by Crippen LogP contribution is -2.34. The molecule has 1 amide bonds. The van der Waals surface area contributed by atoms with Crippen LogP contribution in [0.3, 0.4) is 0 Å². The molecule has 1 aliphatic carbocycles. The summed E-state index contributed by atoms with van der Waals surface area (Å²) in [4.78, 5) is 31.2. The summed E-state index contributed by atoms with van der Waals surface area (Å²) in [6, 6.07) is 13.9. The van der Waals surface area contributed by atoms with Gasteiger partial charge in [-0.2, -0.15) is 0 Å². The van der Waals surface area contributed by atoms with E-state index in [2.05, 4.69) is 12.2 Å². The van der Waals surface area contributed by atoms with E-state index >= 15 is 0 Å². The second kappa shape index (κ2) is 10.7. The van der Waals surface area contributed by atoms with Crippen molar-refractivity contribution < 1.29 is 9.18 Å². The number of carbonyl (C=O) groups excluding carboxylic acids is 1. The van der Waals surface area contributed by atoms with Gasteiger partial charge in [-0.15, -0.1) is 0 Å². The first kappa shape index (κ1) is 24.9. The first-order valence-corrected chi connectivity index (χ1v) is 14.1. The Labute approximate surface area is 221 Å². The lowest BCUT2D eigenvalue weighted by atomic mass is 10.1. The Bertz CT molecular complexity index is 1520. The fraction of sp³-hybridized carbons (Fsp3) is 0.308. The van der Waals surface area contributed by atoms with Crippen LogP contribution >= 0.6 is 35.3 Å². The summed E-state index contributed by atoms with van der Waals surface area (Å²) in [6.45, 7) is 2.09. The zero-order valence-corrected chi connectivity index (χ0v) is 22.1. The lowest BCUT2D eigenvalue weighted by molar-refractivity contribution is -0.119. The highest BCUT2D eigenvalue weighted by atomic mass is 32.2. The molecule has 0 atom stereocenters. The number of aromatic nitrogens is 3. The number of rotatable bonds is 7. The molecule has 1 aliphatic rings. The summed E-state index contributed by atoms with van der Waals surface area (Å²) in [5.74, 6) is -0.376. The number of hydrogen-bond acceptors (Lipinski definition) is 6. The standard InChI is InChI=1S/C26H25FN4O2S3/c1-2-16-7-11-19(12-8-16)30-23-22(36-26(30)34)24(33)31(20-13-9-17(27)10-14-20)25(29-23)35-15-21(32)28-18-5-3-4-6-18/h7-14,18H,2-6,15H2,1H3,(H,28,32). The number of nitrogens with one attached hydrogen (secondary N) is 1. The molecule has 2 aromatic heterocycles. The van der Waals surface area contributed by atoms with Gasteiger partial charge in [0.1, 0.15) is 10.5 Å². The summed E-state index contributed by atoms with van der Waals surface area (Å²) < 4.78 is 17.8. The average Bonchev–Trinajstić information content (AvgIpc) is 3.51. The molecule has 2 aromatic carbocycles. The van der Waals surface area contributed by atoms with Crippen LogP contribution in [-0.4, -0.2) is 31.8 Å². The minimum absolute atomic E-state index is 0.0933. The summed E-state index contributed by atoms with van der Waals surface area (Å²) in [6.07, 6.45) is 5.16. The average molecular weight is 541 g/mol. The van der Waals surface area contributed by atoms with Gasteiger partial charge >= 0.3 is 0 Å². The molecule has 0 unspecified atom stereocenters. The van der Waals surface area contributed by atoms with Crippen LogP contribution in [0.1, 0.15) is 38.2 Å². The highest BCUT2D eigenvalue weighted by molar-refractivity contribution is 7.99. The van der Waals surface area contributed by atoms with Gasteiger partial charge in [0.25, 0.3) is 5.56 Å². The van der Waals surface area contributed by atoms with E-state index in [1.54, 1.807) is 4.57 Å². The fourth-order valence-electron chi connectivity index (χ4n) is 4.43. The van der Waals surface area contributed by atoms with Crippen molar-refractivity contribution in [3.63, 3.8) is 0 Å². The minimum Gasteiger partial charge on any atom is -0.353 e. The predicted octanol–water partition coefficient (Wildman–Crippen LogP) is 5.82. The van der Waals surface area contributed by atoms with Crippen molar-refractivity contribution in [1.82, 2.24) is 19.4 Å². The fourth-order valence-corrected chi connectivity index (χ4v) is 6.55. The zero-order valence-electron chi connectivity index (χ0n) is 19.7.